The molecular weight excluding hydrogens is 210 g/mol. The zero-order chi connectivity index (χ0) is 11.1. The number of ether oxygens (including phenoxy) is 1. The average Bonchev–Trinajstić information content (AvgIpc) is 2.18. The highest BCUT2D eigenvalue weighted by Crippen LogP contribution is 2.09. The Kier molecular flexibility index (Phi) is 5.66. The Morgan fingerprint density at radius 3 is 2.93 bits per heavy atom. The van der Waals surface area contributed by atoms with Gasteiger partial charge in [0.05, 0.1) is 12.3 Å². The summed E-state index contributed by atoms with van der Waals surface area (Å²) in [5.41, 5.74) is 0.895. The highest BCUT2D eigenvalue weighted by molar-refractivity contribution is 6.29. The molecule has 1 aromatic heterocycles. The lowest BCUT2D eigenvalue weighted by molar-refractivity contribution is 0.0872. The third-order valence-corrected chi connectivity index (χ3v) is 2.42. The molecule has 0 radical (unpaired) electrons. The Balaban J connectivity index is 2.25. The molecule has 1 aromatic rings. The minimum absolute atomic E-state index is 0.526. The van der Waals surface area contributed by atoms with Crippen molar-refractivity contribution in [1.29, 1.82) is 0 Å². The molecule has 0 aliphatic heterocycles. The fourth-order valence-corrected chi connectivity index (χ4v) is 1.65. The van der Waals surface area contributed by atoms with Crippen LogP contribution in [0, 0.1) is 5.92 Å². The normalized spacial score (nSPS) is 12.7. The van der Waals surface area contributed by atoms with Gasteiger partial charge in [-0.05, 0) is 24.5 Å². The van der Waals surface area contributed by atoms with Crippen molar-refractivity contribution in [3.63, 3.8) is 0 Å². The van der Waals surface area contributed by atoms with Gasteiger partial charge in [0.2, 0.25) is 0 Å². The van der Waals surface area contributed by atoms with E-state index in [9.17, 15) is 0 Å². The molecule has 0 spiro atoms. The van der Waals surface area contributed by atoms with Gasteiger partial charge in [-0.25, -0.2) is 4.98 Å². The Morgan fingerprint density at radius 1 is 1.47 bits per heavy atom. The first kappa shape index (κ1) is 12.5. The third kappa shape index (κ3) is 5.14. The second-order valence-corrected chi connectivity index (χ2v) is 4.25. The molecule has 84 valence electrons. The second-order valence-electron chi connectivity index (χ2n) is 3.86. The number of aromatic nitrogens is 1. The first-order valence-corrected chi connectivity index (χ1v) is 5.79. The van der Waals surface area contributed by atoms with Gasteiger partial charge in [0.15, 0.2) is 0 Å². The Labute approximate surface area is 96.6 Å². The van der Waals surface area contributed by atoms with Gasteiger partial charge in [0.25, 0.3) is 0 Å². The third-order valence-electron chi connectivity index (χ3n) is 2.21. The van der Waals surface area contributed by atoms with Gasteiger partial charge in [-0.2, -0.15) is 0 Å². The average molecular weight is 228 g/mol. The van der Waals surface area contributed by atoms with E-state index in [1.165, 1.54) is 12.8 Å². The molecule has 0 aliphatic rings. The maximum atomic E-state index is 5.77. The molecule has 1 atom stereocenters. The van der Waals surface area contributed by atoms with Gasteiger partial charge in [-0.1, -0.05) is 37.9 Å². The summed E-state index contributed by atoms with van der Waals surface area (Å²) in [5, 5.41) is 0.526. The summed E-state index contributed by atoms with van der Waals surface area (Å²) in [5.74, 6) is 0.620. The monoisotopic (exact) mass is 227 g/mol. The predicted octanol–water partition coefficient (Wildman–Crippen LogP) is 3.69. The van der Waals surface area contributed by atoms with E-state index in [1.807, 2.05) is 12.1 Å². The van der Waals surface area contributed by atoms with Gasteiger partial charge in [0, 0.05) is 6.61 Å². The van der Waals surface area contributed by atoms with Crippen LogP contribution < -0.4 is 0 Å². The van der Waals surface area contributed by atoms with Crippen LogP contribution in [0.1, 0.15) is 32.4 Å². The minimum atomic E-state index is 0.526. The molecule has 1 heterocycles. The van der Waals surface area contributed by atoms with E-state index >= 15 is 0 Å². The molecule has 0 aromatic carbocycles. The first-order valence-electron chi connectivity index (χ1n) is 5.41. The molecule has 0 aliphatic carbocycles. The van der Waals surface area contributed by atoms with Crippen molar-refractivity contribution in [3.8, 4) is 0 Å². The Bertz CT molecular complexity index is 291. The van der Waals surface area contributed by atoms with Crippen LogP contribution in [0.4, 0.5) is 0 Å². The maximum absolute atomic E-state index is 5.77. The molecule has 0 N–H and O–H groups in total. The number of halogens is 1. The lowest BCUT2D eigenvalue weighted by atomic mass is 10.1. The lowest BCUT2D eigenvalue weighted by Gasteiger charge is -2.10. The van der Waals surface area contributed by atoms with Crippen LogP contribution in [-0.2, 0) is 11.3 Å². The molecule has 0 fully saturated rings. The van der Waals surface area contributed by atoms with Crippen LogP contribution in [0.2, 0.25) is 5.15 Å². The van der Waals surface area contributed by atoms with Crippen molar-refractivity contribution in [2.45, 2.75) is 33.3 Å². The second kappa shape index (κ2) is 6.81. The van der Waals surface area contributed by atoms with Crippen molar-refractivity contribution >= 4 is 11.6 Å². The molecule has 0 bridgehead atoms. The van der Waals surface area contributed by atoms with Crippen molar-refractivity contribution in [3.05, 3.63) is 29.0 Å². The molecular formula is C12H18ClNO. The maximum Gasteiger partial charge on any atom is 0.129 e. The molecule has 0 saturated heterocycles. The topological polar surface area (TPSA) is 22.1 Å². The Morgan fingerprint density at radius 2 is 2.27 bits per heavy atom. The summed E-state index contributed by atoms with van der Waals surface area (Å²) in [6.45, 7) is 5.74. The molecule has 3 heteroatoms. The van der Waals surface area contributed by atoms with Crippen LogP contribution in [0.3, 0.4) is 0 Å². The number of hydrogen-bond donors (Lipinski definition) is 0. The van der Waals surface area contributed by atoms with Gasteiger partial charge in [-0.3, -0.25) is 0 Å². The summed E-state index contributed by atoms with van der Waals surface area (Å²) in [6, 6.07) is 5.59. The zero-order valence-corrected chi connectivity index (χ0v) is 10.1. The summed E-state index contributed by atoms with van der Waals surface area (Å²) < 4.78 is 5.57. The van der Waals surface area contributed by atoms with E-state index in [0.717, 1.165) is 12.3 Å². The van der Waals surface area contributed by atoms with Crippen LogP contribution in [-0.4, -0.2) is 11.6 Å². The highest BCUT2D eigenvalue weighted by atomic mass is 35.5. The molecule has 1 unspecified atom stereocenters. The van der Waals surface area contributed by atoms with E-state index in [2.05, 4.69) is 18.8 Å². The summed E-state index contributed by atoms with van der Waals surface area (Å²) in [6.07, 6.45) is 2.42. The molecule has 15 heavy (non-hydrogen) atoms. The molecule has 0 amide bonds. The van der Waals surface area contributed by atoms with Crippen molar-refractivity contribution in [2.75, 3.05) is 6.61 Å². The van der Waals surface area contributed by atoms with Gasteiger partial charge >= 0.3 is 0 Å². The summed E-state index contributed by atoms with van der Waals surface area (Å²) in [4.78, 5) is 4.16. The van der Waals surface area contributed by atoms with Crippen LogP contribution in [0.5, 0.6) is 0 Å². The van der Waals surface area contributed by atoms with Crippen LogP contribution >= 0.6 is 11.6 Å². The fourth-order valence-electron chi connectivity index (χ4n) is 1.47. The van der Waals surface area contributed by atoms with E-state index in [-0.39, 0.29) is 0 Å². The quantitative estimate of drug-likeness (QED) is 0.692. The van der Waals surface area contributed by atoms with E-state index in [0.29, 0.717) is 17.7 Å². The molecule has 1 rings (SSSR count). The Hall–Kier alpha value is -0.600. The number of hydrogen-bond acceptors (Lipinski definition) is 2. The smallest absolute Gasteiger partial charge is 0.129 e. The standard InChI is InChI=1S/C12H18ClNO/c1-3-5-10(2)8-15-9-11-6-4-7-12(13)14-11/h4,6-7,10H,3,5,8-9H2,1-2H3. The van der Waals surface area contributed by atoms with Gasteiger partial charge in [-0.15, -0.1) is 0 Å². The van der Waals surface area contributed by atoms with E-state index in [4.69, 9.17) is 16.3 Å². The van der Waals surface area contributed by atoms with Gasteiger partial charge in [0.1, 0.15) is 5.15 Å². The predicted molar refractivity (Wildman–Crippen MR) is 63.0 cm³/mol. The SMILES string of the molecule is CCCC(C)COCc1cccc(Cl)n1. The summed E-state index contributed by atoms with van der Waals surface area (Å²) in [7, 11) is 0. The van der Waals surface area contributed by atoms with E-state index in [1.54, 1.807) is 6.07 Å². The summed E-state index contributed by atoms with van der Waals surface area (Å²) >= 11 is 5.77. The lowest BCUT2D eigenvalue weighted by Crippen LogP contribution is -2.06. The molecule has 2 nitrogen and oxygen atoms in total. The van der Waals surface area contributed by atoms with Crippen LogP contribution in [0.25, 0.3) is 0 Å². The van der Waals surface area contributed by atoms with Crippen LogP contribution in [0.15, 0.2) is 18.2 Å². The van der Waals surface area contributed by atoms with Crippen molar-refractivity contribution in [1.82, 2.24) is 4.98 Å². The molecule has 0 saturated carbocycles. The minimum Gasteiger partial charge on any atom is -0.375 e. The fraction of sp³-hybridized carbons (Fsp3) is 0.583. The van der Waals surface area contributed by atoms with Gasteiger partial charge < -0.3 is 4.74 Å². The number of rotatable bonds is 6. The largest absolute Gasteiger partial charge is 0.375 e. The zero-order valence-electron chi connectivity index (χ0n) is 9.37. The van der Waals surface area contributed by atoms with Crippen molar-refractivity contribution in [2.24, 2.45) is 5.92 Å². The first-order chi connectivity index (χ1) is 7.22. The van der Waals surface area contributed by atoms with E-state index < -0.39 is 0 Å². The van der Waals surface area contributed by atoms with Crippen molar-refractivity contribution < 1.29 is 4.74 Å². The number of nitrogens with zero attached hydrogens (tertiary/aromatic N) is 1. The number of pyridine rings is 1. The highest BCUT2D eigenvalue weighted by Gasteiger charge is 2.01.